The van der Waals surface area contributed by atoms with Crippen molar-refractivity contribution in [3.8, 4) is 6.07 Å². The van der Waals surface area contributed by atoms with E-state index in [-0.39, 0.29) is 12.2 Å². The second-order valence-corrected chi connectivity index (χ2v) is 5.00. The summed E-state index contributed by atoms with van der Waals surface area (Å²) >= 11 is 3.22. The van der Waals surface area contributed by atoms with Gasteiger partial charge in [-0.25, -0.2) is 9.18 Å². The molecule has 6 heteroatoms. The third-order valence-corrected chi connectivity index (χ3v) is 3.65. The van der Waals surface area contributed by atoms with Gasteiger partial charge in [-0.1, -0.05) is 12.1 Å². The standard InChI is InChI=1S/C15H10BrFN2O2/c16-14-11(2-1-3-13(14)19)15(20)21-8-9-4-5-12(17)10(6-9)7-18/h1-6H,8,19H2. The van der Waals surface area contributed by atoms with E-state index in [0.29, 0.717) is 21.3 Å². The van der Waals surface area contributed by atoms with Crippen molar-refractivity contribution >= 4 is 27.6 Å². The van der Waals surface area contributed by atoms with Crippen molar-refractivity contribution in [3.05, 3.63) is 63.4 Å². The van der Waals surface area contributed by atoms with Gasteiger partial charge in [0.1, 0.15) is 18.5 Å². The molecule has 2 rings (SSSR count). The lowest BCUT2D eigenvalue weighted by atomic mass is 10.1. The van der Waals surface area contributed by atoms with Crippen LogP contribution in [0.2, 0.25) is 0 Å². The summed E-state index contributed by atoms with van der Waals surface area (Å²) < 4.78 is 18.8. The predicted molar refractivity (Wildman–Crippen MR) is 78.8 cm³/mol. The van der Waals surface area contributed by atoms with Crippen LogP contribution in [0.1, 0.15) is 21.5 Å². The summed E-state index contributed by atoms with van der Waals surface area (Å²) in [5.41, 5.74) is 6.86. The molecule has 0 radical (unpaired) electrons. The molecule has 0 atom stereocenters. The van der Waals surface area contributed by atoms with E-state index >= 15 is 0 Å². The molecule has 4 nitrogen and oxygen atoms in total. The van der Waals surface area contributed by atoms with E-state index in [1.807, 2.05) is 0 Å². The molecule has 2 N–H and O–H groups in total. The summed E-state index contributed by atoms with van der Waals surface area (Å²) in [7, 11) is 0. The van der Waals surface area contributed by atoms with Crippen LogP contribution in [0.15, 0.2) is 40.9 Å². The molecular formula is C15H10BrFN2O2. The summed E-state index contributed by atoms with van der Waals surface area (Å²) in [5, 5.41) is 8.75. The minimum Gasteiger partial charge on any atom is -0.457 e. The highest BCUT2D eigenvalue weighted by Crippen LogP contribution is 2.24. The molecule has 0 saturated carbocycles. The molecule has 0 aliphatic rings. The minimum absolute atomic E-state index is 0.0605. The van der Waals surface area contributed by atoms with Gasteiger partial charge in [0.2, 0.25) is 0 Å². The number of nitriles is 1. The molecule has 0 bridgehead atoms. The maximum Gasteiger partial charge on any atom is 0.339 e. The lowest BCUT2D eigenvalue weighted by Crippen LogP contribution is -2.07. The third kappa shape index (κ3) is 3.38. The van der Waals surface area contributed by atoms with Gasteiger partial charge in [-0.15, -0.1) is 0 Å². The number of benzene rings is 2. The van der Waals surface area contributed by atoms with E-state index in [1.165, 1.54) is 12.1 Å². The zero-order chi connectivity index (χ0) is 15.4. The first-order chi connectivity index (χ1) is 10.0. The van der Waals surface area contributed by atoms with Gasteiger partial charge in [0.05, 0.1) is 15.6 Å². The van der Waals surface area contributed by atoms with E-state index < -0.39 is 11.8 Å². The zero-order valence-corrected chi connectivity index (χ0v) is 12.4. The number of ether oxygens (including phenoxy) is 1. The molecule has 21 heavy (non-hydrogen) atoms. The lowest BCUT2D eigenvalue weighted by Gasteiger charge is -2.08. The normalized spacial score (nSPS) is 9.95. The molecule has 0 spiro atoms. The molecule has 0 aliphatic carbocycles. The Morgan fingerprint density at radius 1 is 1.38 bits per heavy atom. The molecule has 106 valence electrons. The van der Waals surface area contributed by atoms with Gasteiger partial charge < -0.3 is 10.5 Å². The highest BCUT2D eigenvalue weighted by Gasteiger charge is 2.13. The molecule has 2 aromatic rings. The monoisotopic (exact) mass is 348 g/mol. The van der Waals surface area contributed by atoms with Crippen molar-refractivity contribution in [1.82, 2.24) is 0 Å². The number of anilines is 1. The Kier molecular flexibility index (Phi) is 4.55. The van der Waals surface area contributed by atoms with E-state index in [4.69, 9.17) is 15.7 Å². The molecule has 2 aromatic carbocycles. The Hall–Kier alpha value is -2.39. The van der Waals surface area contributed by atoms with Crippen LogP contribution < -0.4 is 5.73 Å². The van der Waals surface area contributed by atoms with Crippen LogP contribution >= 0.6 is 15.9 Å². The fourth-order valence-electron chi connectivity index (χ4n) is 1.68. The molecular weight excluding hydrogens is 339 g/mol. The summed E-state index contributed by atoms with van der Waals surface area (Å²) in [5.74, 6) is -1.16. The first-order valence-corrected chi connectivity index (χ1v) is 6.72. The Bertz CT molecular complexity index is 741. The van der Waals surface area contributed by atoms with E-state index in [9.17, 15) is 9.18 Å². The number of hydrogen-bond donors (Lipinski definition) is 1. The van der Waals surface area contributed by atoms with Gasteiger partial charge in [-0.2, -0.15) is 5.26 Å². The number of nitrogens with two attached hydrogens (primary N) is 1. The second-order valence-electron chi connectivity index (χ2n) is 4.21. The number of hydrogen-bond acceptors (Lipinski definition) is 4. The van der Waals surface area contributed by atoms with Crippen LogP contribution in [0, 0.1) is 17.1 Å². The highest BCUT2D eigenvalue weighted by molar-refractivity contribution is 9.10. The summed E-state index contributed by atoms with van der Waals surface area (Å²) in [6.45, 7) is -0.0605. The number of carbonyl (C=O) groups is 1. The molecule has 0 unspecified atom stereocenters. The van der Waals surface area contributed by atoms with Crippen molar-refractivity contribution in [2.24, 2.45) is 0 Å². The van der Waals surface area contributed by atoms with E-state index in [2.05, 4.69) is 15.9 Å². The fourth-order valence-corrected chi connectivity index (χ4v) is 2.11. The average molecular weight is 349 g/mol. The van der Waals surface area contributed by atoms with Gasteiger partial charge in [-0.05, 0) is 45.8 Å². The maximum atomic E-state index is 13.2. The number of nitrogen functional groups attached to an aromatic ring is 1. The van der Waals surface area contributed by atoms with Crippen LogP contribution in [-0.2, 0) is 11.3 Å². The fraction of sp³-hybridized carbons (Fsp3) is 0.0667. The van der Waals surface area contributed by atoms with Crippen molar-refractivity contribution in [2.45, 2.75) is 6.61 Å². The summed E-state index contributed by atoms with van der Waals surface area (Å²) in [4.78, 5) is 12.0. The largest absolute Gasteiger partial charge is 0.457 e. The zero-order valence-electron chi connectivity index (χ0n) is 10.8. The molecule has 0 aliphatic heterocycles. The lowest BCUT2D eigenvalue weighted by molar-refractivity contribution is 0.0471. The van der Waals surface area contributed by atoms with Gasteiger partial charge >= 0.3 is 5.97 Å². The SMILES string of the molecule is N#Cc1cc(COC(=O)c2cccc(N)c2Br)ccc1F. The molecule has 0 amide bonds. The van der Waals surface area contributed by atoms with Crippen LogP contribution in [0.25, 0.3) is 0 Å². The molecule has 0 aromatic heterocycles. The number of nitrogens with zero attached hydrogens (tertiary/aromatic N) is 1. The Labute approximate surface area is 129 Å². The van der Waals surface area contributed by atoms with Gasteiger partial charge in [0.15, 0.2) is 0 Å². The van der Waals surface area contributed by atoms with E-state index in [1.54, 1.807) is 24.3 Å². The number of rotatable bonds is 3. The number of carbonyl (C=O) groups excluding carboxylic acids is 1. The van der Waals surface area contributed by atoms with Gasteiger partial charge in [0, 0.05) is 5.69 Å². The maximum absolute atomic E-state index is 13.2. The molecule has 0 saturated heterocycles. The van der Waals surface area contributed by atoms with Crippen LogP contribution in [0.4, 0.5) is 10.1 Å². The van der Waals surface area contributed by atoms with Crippen LogP contribution in [-0.4, -0.2) is 5.97 Å². The smallest absolute Gasteiger partial charge is 0.339 e. The first kappa shape index (κ1) is 15.0. The molecule has 0 fully saturated rings. The topological polar surface area (TPSA) is 76.1 Å². The number of halogens is 2. The molecule has 0 heterocycles. The number of esters is 1. The Morgan fingerprint density at radius 3 is 2.86 bits per heavy atom. The van der Waals surface area contributed by atoms with Gasteiger partial charge in [0.25, 0.3) is 0 Å². The summed E-state index contributed by atoms with van der Waals surface area (Å²) in [6, 6.07) is 10.6. The first-order valence-electron chi connectivity index (χ1n) is 5.92. The van der Waals surface area contributed by atoms with Crippen LogP contribution in [0.5, 0.6) is 0 Å². The second kappa shape index (κ2) is 6.37. The third-order valence-electron chi connectivity index (χ3n) is 2.77. The summed E-state index contributed by atoms with van der Waals surface area (Å²) in [6.07, 6.45) is 0. The van der Waals surface area contributed by atoms with Gasteiger partial charge in [-0.3, -0.25) is 0 Å². The quantitative estimate of drug-likeness (QED) is 0.681. The van der Waals surface area contributed by atoms with E-state index in [0.717, 1.165) is 6.07 Å². The Morgan fingerprint density at radius 2 is 2.14 bits per heavy atom. The Balaban J connectivity index is 2.11. The van der Waals surface area contributed by atoms with Crippen LogP contribution in [0.3, 0.4) is 0 Å². The van der Waals surface area contributed by atoms with Crippen molar-refractivity contribution < 1.29 is 13.9 Å². The van der Waals surface area contributed by atoms with Crippen molar-refractivity contribution in [3.63, 3.8) is 0 Å². The van der Waals surface area contributed by atoms with Crippen molar-refractivity contribution in [2.75, 3.05) is 5.73 Å². The highest BCUT2D eigenvalue weighted by atomic mass is 79.9. The predicted octanol–water partition coefficient (Wildman–Crippen LogP) is 3.40. The minimum atomic E-state index is -0.605. The van der Waals surface area contributed by atoms with Crippen molar-refractivity contribution in [1.29, 1.82) is 5.26 Å². The average Bonchev–Trinajstić information content (AvgIpc) is 2.49.